The molecule has 0 saturated carbocycles. The molecule has 0 saturated heterocycles. The molecule has 1 aromatic rings. The van der Waals surface area contributed by atoms with E-state index < -0.39 is 0 Å². The highest BCUT2D eigenvalue weighted by atomic mass is 35.5. The molecular formula is C15H22Cl2N2O. The summed E-state index contributed by atoms with van der Waals surface area (Å²) in [4.78, 5) is 14.1. The average Bonchev–Trinajstić information content (AvgIpc) is 2.45. The maximum atomic E-state index is 12.1. The van der Waals surface area contributed by atoms with Crippen molar-refractivity contribution in [3.05, 3.63) is 33.8 Å². The minimum atomic E-state index is -0.0344. The maximum Gasteiger partial charge on any atom is 0.234 e. The number of likely N-dealkylation sites (N-methyl/N-ethyl adjacent to an activating group) is 1. The fourth-order valence-corrected chi connectivity index (χ4v) is 2.35. The lowest BCUT2D eigenvalue weighted by Crippen LogP contribution is -2.38. The van der Waals surface area contributed by atoms with Crippen molar-refractivity contribution >= 4 is 29.1 Å². The van der Waals surface area contributed by atoms with Crippen LogP contribution in [0.1, 0.15) is 38.8 Å². The molecule has 1 N–H and O–H groups in total. The van der Waals surface area contributed by atoms with Crippen LogP contribution in [-0.2, 0) is 4.79 Å². The zero-order chi connectivity index (χ0) is 15.1. The lowest BCUT2D eigenvalue weighted by atomic mass is 10.0. The second-order valence-electron chi connectivity index (χ2n) is 4.66. The summed E-state index contributed by atoms with van der Waals surface area (Å²) in [5, 5.41) is 4.09. The van der Waals surface area contributed by atoms with Crippen molar-refractivity contribution in [2.24, 2.45) is 0 Å². The van der Waals surface area contributed by atoms with Gasteiger partial charge in [-0.15, -0.1) is 0 Å². The van der Waals surface area contributed by atoms with Crippen molar-refractivity contribution in [2.75, 3.05) is 19.6 Å². The van der Waals surface area contributed by atoms with Crippen LogP contribution in [0.25, 0.3) is 0 Å². The van der Waals surface area contributed by atoms with Gasteiger partial charge in [-0.2, -0.15) is 0 Å². The molecule has 0 heterocycles. The Morgan fingerprint density at radius 3 is 2.35 bits per heavy atom. The Bertz CT molecular complexity index is 447. The SMILES string of the molecule is CCC(NC(=O)CN(CC)CC)c1ccc(Cl)c(Cl)c1. The molecular weight excluding hydrogens is 295 g/mol. The minimum absolute atomic E-state index is 0.0339. The first kappa shape index (κ1) is 17.3. The zero-order valence-electron chi connectivity index (χ0n) is 12.2. The Balaban J connectivity index is 2.71. The van der Waals surface area contributed by atoms with Gasteiger partial charge in [-0.25, -0.2) is 0 Å². The number of nitrogens with one attached hydrogen (secondary N) is 1. The summed E-state index contributed by atoms with van der Waals surface area (Å²) in [6.07, 6.45) is 0.807. The van der Waals surface area contributed by atoms with E-state index in [-0.39, 0.29) is 11.9 Å². The van der Waals surface area contributed by atoms with E-state index >= 15 is 0 Å². The van der Waals surface area contributed by atoms with Crippen molar-refractivity contribution < 1.29 is 4.79 Å². The number of benzene rings is 1. The van der Waals surface area contributed by atoms with E-state index in [9.17, 15) is 4.79 Å². The number of nitrogens with zero attached hydrogens (tertiary/aromatic N) is 1. The first-order chi connectivity index (χ1) is 9.51. The quantitative estimate of drug-likeness (QED) is 0.827. The Morgan fingerprint density at radius 1 is 1.20 bits per heavy atom. The van der Waals surface area contributed by atoms with Crippen LogP contribution in [0.4, 0.5) is 0 Å². The number of hydrogen-bond donors (Lipinski definition) is 1. The Morgan fingerprint density at radius 2 is 1.85 bits per heavy atom. The van der Waals surface area contributed by atoms with Crippen molar-refractivity contribution in [3.8, 4) is 0 Å². The number of amides is 1. The molecule has 0 radical (unpaired) electrons. The molecule has 0 aliphatic heterocycles. The van der Waals surface area contributed by atoms with Crippen molar-refractivity contribution in [1.82, 2.24) is 10.2 Å². The van der Waals surface area contributed by atoms with Gasteiger partial charge in [-0.05, 0) is 37.2 Å². The first-order valence-corrected chi connectivity index (χ1v) is 7.74. The summed E-state index contributed by atoms with van der Waals surface area (Å²) in [5.41, 5.74) is 0.981. The van der Waals surface area contributed by atoms with Gasteiger partial charge in [0.25, 0.3) is 0 Å². The molecule has 0 aromatic heterocycles. The number of hydrogen-bond acceptors (Lipinski definition) is 2. The number of halogens is 2. The van der Waals surface area contributed by atoms with Gasteiger partial charge in [0.05, 0.1) is 22.6 Å². The molecule has 0 fully saturated rings. The molecule has 0 spiro atoms. The van der Waals surface area contributed by atoms with Crippen LogP contribution >= 0.6 is 23.2 Å². The Labute approximate surface area is 131 Å². The topological polar surface area (TPSA) is 32.3 Å². The molecule has 1 rings (SSSR count). The van der Waals surface area contributed by atoms with Crippen LogP contribution in [-0.4, -0.2) is 30.4 Å². The van der Waals surface area contributed by atoms with Gasteiger partial charge < -0.3 is 5.32 Å². The van der Waals surface area contributed by atoms with Gasteiger partial charge in [0.1, 0.15) is 0 Å². The molecule has 1 atom stereocenters. The predicted molar refractivity (Wildman–Crippen MR) is 85.4 cm³/mol. The fourth-order valence-electron chi connectivity index (χ4n) is 2.04. The second-order valence-corrected chi connectivity index (χ2v) is 5.48. The molecule has 1 amide bonds. The summed E-state index contributed by atoms with van der Waals surface area (Å²) in [6, 6.07) is 5.45. The van der Waals surface area contributed by atoms with Crippen molar-refractivity contribution in [2.45, 2.75) is 33.2 Å². The Hall–Kier alpha value is -0.770. The van der Waals surface area contributed by atoms with Crippen LogP contribution in [0.2, 0.25) is 10.0 Å². The minimum Gasteiger partial charge on any atom is -0.348 e. The van der Waals surface area contributed by atoms with E-state index in [4.69, 9.17) is 23.2 Å². The lowest BCUT2D eigenvalue weighted by Gasteiger charge is -2.22. The summed E-state index contributed by atoms with van der Waals surface area (Å²) < 4.78 is 0. The van der Waals surface area contributed by atoms with E-state index in [1.807, 2.05) is 32.9 Å². The average molecular weight is 317 g/mol. The normalized spacial score (nSPS) is 12.5. The highest BCUT2D eigenvalue weighted by molar-refractivity contribution is 6.42. The third-order valence-corrected chi connectivity index (χ3v) is 4.09. The van der Waals surface area contributed by atoms with Gasteiger partial charge in [0, 0.05) is 0 Å². The molecule has 20 heavy (non-hydrogen) atoms. The monoisotopic (exact) mass is 316 g/mol. The number of carbonyl (C=O) groups is 1. The molecule has 0 aliphatic carbocycles. The van der Waals surface area contributed by atoms with Gasteiger partial charge in [0.15, 0.2) is 0 Å². The van der Waals surface area contributed by atoms with Gasteiger partial charge in [-0.3, -0.25) is 9.69 Å². The summed E-state index contributed by atoms with van der Waals surface area (Å²) in [7, 11) is 0. The van der Waals surface area contributed by atoms with Crippen molar-refractivity contribution in [3.63, 3.8) is 0 Å². The highest BCUT2D eigenvalue weighted by Gasteiger charge is 2.15. The molecule has 1 unspecified atom stereocenters. The van der Waals surface area contributed by atoms with Crippen LogP contribution < -0.4 is 5.32 Å². The van der Waals surface area contributed by atoms with Crippen LogP contribution in [0, 0.1) is 0 Å². The molecule has 0 aliphatic rings. The third-order valence-electron chi connectivity index (χ3n) is 3.35. The van der Waals surface area contributed by atoms with Gasteiger partial charge in [-0.1, -0.05) is 50.0 Å². The van der Waals surface area contributed by atoms with Crippen LogP contribution in [0.5, 0.6) is 0 Å². The number of rotatable bonds is 7. The number of carbonyl (C=O) groups excluding carboxylic acids is 1. The first-order valence-electron chi connectivity index (χ1n) is 6.98. The molecule has 5 heteroatoms. The summed E-state index contributed by atoms with van der Waals surface area (Å²) >= 11 is 11.9. The molecule has 112 valence electrons. The zero-order valence-corrected chi connectivity index (χ0v) is 13.8. The standard InChI is InChI=1S/C15H22Cl2N2O/c1-4-14(11-7-8-12(16)13(17)9-11)18-15(20)10-19(5-2)6-3/h7-9,14H,4-6,10H2,1-3H3,(H,18,20). The van der Waals surface area contributed by atoms with E-state index in [1.165, 1.54) is 0 Å². The molecule has 1 aromatic carbocycles. The smallest absolute Gasteiger partial charge is 0.234 e. The third kappa shape index (κ3) is 4.97. The second kappa shape index (κ2) is 8.50. The lowest BCUT2D eigenvalue weighted by molar-refractivity contribution is -0.123. The van der Waals surface area contributed by atoms with Crippen LogP contribution in [0.3, 0.4) is 0 Å². The highest BCUT2D eigenvalue weighted by Crippen LogP contribution is 2.26. The summed E-state index contributed by atoms with van der Waals surface area (Å²) in [5.74, 6) is 0.0339. The summed E-state index contributed by atoms with van der Waals surface area (Å²) in [6.45, 7) is 8.29. The maximum absolute atomic E-state index is 12.1. The van der Waals surface area contributed by atoms with Gasteiger partial charge >= 0.3 is 0 Å². The van der Waals surface area contributed by atoms with Gasteiger partial charge in [0.2, 0.25) is 5.91 Å². The van der Waals surface area contributed by atoms with E-state index in [0.717, 1.165) is 25.1 Å². The predicted octanol–water partition coefficient (Wildman–Crippen LogP) is 3.90. The van der Waals surface area contributed by atoms with E-state index in [2.05, 4.69) is 10.2 Å². The molecule has 3 nitrogen and oxygen atoms in total. The van der Waals surface area contributed by atoms with E-state index in [1.54, 1.807) is 6.07 Å². The molecule has 0 bridgehead atoms. The fraction of sp³-hybridized carbons (Fsp3) is 0.533. The van der Waals surface area contributed by atoms with E-state index in [0.29, 0.717) is 16.6 Å². The van der Waals surface area contributed by atoms with Crippen molar-refractivity contribution in [1.29, 1.82) is 0 Å². The van der Waals surface area contributed by atoms with Crippen LogP contribution in [0.15, 0.2) is 18.2 Å². The Kier molecular flexibility index (Phi) is 7.35. The largest absolute Gasteiger partial charge is 0.348 e.